The standard InChI is InChI=1S/C9H13N2O7PS/c12-7-1-2-11(9(13)10-7)8-3-6(20)5(18-8)4-17-19(14,15)16/h1-2,5-6,8,20H,3-4H2,(H,10,12,13)(H2,14,15,16)/t5-,6+,8-/m1/s1. The monoisotopic (exact) mass is 324 g/mol. The predicted molar refractivity (Wildman–Crippen MR) is 70.6 cm³/mol. The summed E-state index contributed by atoms with van der Waals surface area (Å²) in [5, 5.41) is -0.356. The quantitative estimate of drug-likeness (QED) is 0.422. The minimum atomic E-state index is -4.58. The van der Waals surface area contributed by atoms with Gasteiger partial charge in [0.05, 0.1) is 12.7 Å². The molecule has 3 atom stereocenters. The maximum Gasteiger partial charge on any atom is 0.469 e. The number of phosphoric acid groups is 1. The molecule has 0 aliphatic carbocycles. The highest BCUT2D eigenvalue weighted by Crippen LogP contribution is 2.38. The van der Waals surface area contributed by atoms with Crippen LogP contribution in [-0.4, -0.2) is 37.3 Å². The molecule has 1 aromatic rings. The molecule has 112 valence electrons. The molecule has 2 rings (SSSR count). The number of H-pyrrole nitrogens is 1. The summed E-state index contributed by atoms with van der Waals surface area (Å²) in [6.45, 7) is -0.340. The molecule has 0 radical (unpaired) electrons. The molecule has 11 heteroatoms. The molecule has 9 nitrogen and oxygen atoms in total. The minimum absolute atomic E-state index is 0.338. The Hall–Kier alpha value is -0.900. The van der Waals surface area contributed by atoms with Gasteiger partial charge < -0.3 is 14.5 Å². The highest BCUT2D eigenvalue weighted by atomic mass is 32.1. The average molecular weight is 324 g/mol. The lowest BCUT2D eigenvalue weighted by Gasteiger charge is -2.16. The van der Waals surface area contributed by atoms with Gasteiger partial charge >= 0.3 is 13.5 Å². The van der Waals surface area contributed by atoms with E-state index >= 15 is 0 Å². The molecule has 1 aromatic heterocycles. The molecular weight excluding hydrogens is 311 g/mol. The molecule has 0 bridgehead atoms. The number of rotatable bonds is 4. The first-order valence-corrected chi connectivity index (χ1v) is 7.66. The van der Waals surface area contributed by atoms with Crippen LogP contribution in [-0.2, 0) is 13.8 Å². The molecule has 0 aromatic carbocycles. The van der Waals surface area contributed by atoms with Crippen molar-refractivity contribution in [3.8, 4) is 0 Å². The Morgan fingerprint density at radius 3 is 2.85 bits per heavy atom. The van der Waals surface area contributed by atoms with Gasteiger partial charge in [0.25, 0.3) is 5.56 Å². The summed E-state index contributed by atoms with van der Waals surface area (Å²) in [7, 11) is -4.58. The highest BCUT2D eigenvalue weighted by Gasteiger charge is 2.36. The molecular formula is C9H13N2O7PS. The van der Waals surface area contributed by atoms with Crippen molar-refractivity contribution in [2.45, 2.75) is 24.0 Å². The van der Waals surface area contributed by atoms with Crippen molar-refractivity contribution in [3.63, 3.8) is 0 Å². The van der Waals surface area contributed by atoms with Crippen LogP contribution in [0.3, 0.4) is 0 Å². The Balaban J connectivity index is 2.08. The van der Waals surface area contributed by atoms with Crippen LogP contribution in [0.5, 0.6) is 0 Å². The van der Waals surface area contributed by atoms with Gasteiger partial charge in [0.2, 0.25) is 0 Å². The van der Waals surface area contributed by atoms with Gasteiger partial charge in [-0.25, -0.2) is 9.36 Å². The molecule has 20 heavy (non-hydrogen) atoms. The number of ether oxygens (including phenoxy) is 1. The minimum Gasteiger partial charge on any atom is -0.351 e. The fourth-order valence-corrected chi connectivity index (χ4v) is 2.54. The third-order valence-electron chi connectivity index (χ3n) is 2.77. The van der Waals surface area contributed by atoms with E-state index in [0.717, 1.165) is 0 Å². The van der Waals surface area contributed by atoms with Gasteiger partial charge in [-0.1, -0.05) is 0 Å². The lowest BCUT2D eigenvalue weighted by molar-refractivity contribution is -0.0234. The van der Waals surface area contributed by atoms with Crippen molar-refractivity contribution in [2.75, 3.05) is 6.61 Å². The van der Waals surface area contributed by atoms with E-state index in [0.29, 0.717) is 6.42 Å². The third kappa shape index (κ3) is 3.81. The maximum atomic E-state index is 11.6. The molecule has 1 aliphatic heterocycles. The predicted octanol–water partition coefficient (Wildman–Crippen LogP) is -0.768. The smallest absolute Gasteiger partial charge is 0.351 e. The highest BCUT2D eigenvalue weighted by molar-refractivity contribution is 7.81. The molecule has 0 amide bonds. The summed E-state index contributed by atoms with van der Waals surface area (Å²) >= 11 is 4.24. The number of nitrogens with one attached hydrogen (secondary N) is 1. The maximum absolute atomic E-state index is 11.6. The summed E-state index contributed by atoms with van der Waals surface area (Å²) in [5.74, 6) is 0. The zero-order chi connectivity index (χ0) is 14.9. The van der Waals surface area contributed by atoms with Gasteiger partial charge in [0.15, 0.2) is 0 Å². The first kappa shape index (κ1) is 15.5. The van der Waals surface area contributed by atoms with Gasteiger partial charge in [-0.3, -0.25) is 18.9 Å². The SMILES string of the molecule is O=c1ccn([C@H]2C[C@H](S)[C@@H](COP(=O)(O)O)O2)c(=O)[nH]1. The number of aromatic nitrogens is 2. The van der Waals surface area contributed by atoms with E-state index < -0.39 is 31.4 Å². The first-order chi connectivity index (χ1) is 9.26. The summed E-state index contributed by atoms with van der Waals surface area (Å²) in [4.78, 5) is 41.9. The van der Waals surface area contributed by atoms with Crippen LogP contribution in [0.1, 0.15) is 12.6 Å². The van der Waals surface area contributed by atoms with Crippen LogP contribution in [0, 0.1) is 0 Å². The number of phosphoric ester groups is 1. The van der Waals surface area contributed by atoms with E-state index in [1.807, 2.05) is 0 Å². The van der Waals surface area contributed by atoms with Gasteiger partial charge in [0.1, 0.15) is 6.23 Å². The molecule has 1 saturated heterocycles. The van der Waals surface area contributed by atoms with E-state index in [2.05, 4.69) is 22.1 Å². The Labute approximate surface area is 118 Å². The molecule has 2 heterocycles. The van der Waals surface area contributed by atoms with Crippen molar-refractivity contribution < 1.29 is 23.6 Å². The molecule has 0 spiro atoms. The Morgan fingerprint density at radius 1 is 1.55 bits per heavy atom. The molecule has 1 fully saturated rings. The van der Waals surface area contributed by atoms with Crippen LogP contribution in [0.15, 0.2) is 21.9 Å². The second-order valence-corrected chi connectivity index (χ2v) is 6.14. The Bertz CT molecular complexity index is 638. The van der Waals surface area contributed by atoms with Crippen molar-refractivity contribution in [2.24, 2.45) is 0 Å². The van der Waals surface area contributed by atoms with E-state index in [1.165, 1.54) is 16.8 Å². The zero-order valence-corrected chi connectivity index (χ0v) is 11.9. The van der Waals surface area contributed by atoms with Crippen LogP contribution in [0.25, 0.3) is 0 Å². The number of hydrogen-bond donors (Lipinski definition) is 4. The van der Waals surface area contributed by atoms with E-state index in [9.17, 15) is 14.2 Å². The fraction of sp³-hybridized carbons (Fsp3) is 0.556. The molecule has 0 unspecified atom stereocenters. The average Bonchev–Trinajstić information content (AvgIpc) is 2.67. The van der Waals surface area contributed by atoms with Crippen molar-refractivity contribution in [3.05, 3.63) is 33.1 Å². The Kier molecular flexibility index (Phi) is 4.52. The van der Waals surface area contributed by atoms with Crippen molar-refractivity contribution in [1.29, 1.82) is 0 Å². The lowest BCUT2D eigenvalue weighted by Crippen LogP contribution is -2.31. The number of thiol groups is 1. The first-order valence-electron chi connectivity index (χ1n) is 5.61. The largest absolute Gasteiger partial charge is 0.469 e. The number of aromatic amines is 1. The second kappa shape index (κ2) is 5.84. The Morgan fingerprint density at radius 2 is 2.25 bits per heavy atom. The zero-order valence-electron chi connectivity index (χ0n) is 10.1. The van der Waals surface area contributed by atoms with E-state index in [4.69, 9.17) is 14.5 Å². The van der Waals surface area contributed by atoms with Gasteiger partial charge in [-0.2, -0.15) is 12.6 Å². The van der Waals surface area contributed by atoms with E-state index in [-0.39, 0.29) is 11.9 Å². The summed E-state index contributed by atoms with van der Waals surface area (Å²) in [6.07, 6.45) is 0.282. The fourth-order valence-electron chi connectivity index (χ4n) is 1.86. The molecule has 1 aliphatic rings. The topological polar surface area (TPSA) is 131 Å². The van der Waals surface area contributed by atoms with Crippen LogP contribution < -0.4 is 11.2 Å². The normalized spacial score (nSPS) is 26.9. The molecule has 0 saturated carbocycles. The third-order valence-corrected chi connectivity index (χ3v) is 3.80. The number of nitrogens with zero attached hydrogens (tertiary/aromatic N) is 1. The second-order valence-electron chi connectivity index (χ2n) is 4.24. The summed E-state index contributed by atoms with van der Waals surface area (Å²) in [6, 6.07) is 1.18. The van der Waals surface area contributed by atoms with E-state index in [1.54, 1.807) is 0 Å². The lowest BCUT2D eigenvalue weighted by atomic mass is 10.2. The van der Waals surface area contributed by atoms with Crippen LogP contribution in [0.2, 0.25) is 0 Å². The van der Waals surface area contributed by atoms with Crippen LogP contribution >= 0.6 is 20.5 Å². The van der Waals surface area contributed by atoms with Gasteiger partial charge in [-0.15, -0.1) is 0 Å². The number of hydrogen-bond acceptors (Lipinski definition) is 6. The molecule has 3 N–H and O–H groups in total. The van der Waals surface area contributed by atoms with Gasteiger partial charge in [-0.05, 0) is 0 Å². The van der Waals surface area contributed by atoms with Crippen molar-refractivity contribution in [1.82, 2.24) is 9.55 Å². The van der Waals surface area contributed by atoms with Crippen molar-refractivity contribution >= 4 is 20.5 Å². The summed E-state index contributed by atoms with van der Waals surface area (Å²) < 4.78 is 21.7. The van der Waals surface area contributed by atoms with Gasteiger partial charge in [0, 0.05) is 23.9 Å². The van der Waals surface area contributed by atoms with Crippen LogP contribution in [0.4, 0.5) is 0 Å². The summed E-state index contributed by atoms with van der Waals surface area (Å²) in [5.41, 5.74) is -1.15.